The molecule has 1 nitrogen and oxygen atoms in total. The Hall–Kier alpha value is -0.250. The average Bonchev–Trinajstić information content (AvgIpc) is 2.34. The number of benzene rings is 1. The molecule has 1 atom stereocenters. The molecule has 1 N–H and O–H groups in total. The Balaban J connectivity index is 2.26. The van der Waals surface area contributed by atoms with E-state index in [9.17, 15) is 0 Å². The molecule has 0 heterocycles. The van der Waals surface area contributed by atoms with Gasteiger partial charge in [-0.2, -0.15) is 0 Å². The van der Waals surface area contributed by atoms with Crippen LogP contribution in [-0.2, 0) is 0 Å². The lowest BCUT2D eigenvalue weighted by Gasteiger charge is -2.16. The molecule has 0 bridgehead atoms. The molecule has 0 spiro atoms. The number of aryl methyl sites for hydroxylation is 1. The molecule has 0 saturated heterocycles. The minimum absolute atomic E-state index is 0.574. The Labute approximate surface area is 126 Å². The highest BCUT2D eigenvalue weighted by Gasteiger charge is 2.03. The Morgan fingerprint density at radius 3 is 2.56 bits per heavy atom. The van der Waals surface area contributed by atoms with Gasteiger partial charge in [-0.15, -0.1) is 0 Å². The summed E-state index contributed by atoms with van der Waals surface area (Å²) in [4.78, 5) is 0. The van der Waals surface area contributed by atoms with Crippen molar-refractivity contribution in [3.8, 4) is 0 Å². The third-order valence-corrected chi connectivity index (χ3v) is 4.49. The molecule has 0 amide bonds. The highest BCUT2D eigenvalue weighted by Crippen LogP contribution is 2.19. The number of halogens is 1. The van der Waals surface area contributed by atoms with Crippen molar-refractivity contribution in [3.63, 3.8) is 0 Å². The Morgan fingerprint density at radius 2 is 1.89 bits per heavy atom. The fourth-order valence-electron chi connectivity index (χ4n) is 2.09. The Kier molecular flexibility index (Phi) is 7.71. The van der Waals surface area contributed by atoms with E-state index >= 15 is 0 Å². The monoisotopic (exact) mass is 359 g/mol. The second-order valence-corrected chi connectivity index (χ2v) is 6.37. The molecule has 1 rings (SSSR count). The predicted octanol–water partition coefficient (Wildman–Crippen LogP) is 5.76. The molecular weight excluding hydrogens is 333 g/mol. The predicted molar refractivity (Wildman–Crippen MR) is 90.4 cm³/mol. The zero-order valence-corrected chi connectivity index (χ0v) is 14.1. The van der Waals surface area contributed by atoms with E-state index in [1.54, 1.807) is 0 Å². The highest BCUT2D eigenvalue weighted by atomic mass is 127. The number of hydrogen-bond donors (Lipinski definition) is 1. The third-order valence-electron chi connectivity index (χ3n) is 3.33. The summed E-state index contributed by atoms with van der Waals surface area (Å²) in [6.07, 6.45) is 8.11. The summed E-state index contributed by atoms with van der Waals surface area (Å²) < 4.78 is 1.34. The quantitative estimate of drug-likeness (QED) is 0.460. The van der Waals surface area contributed by atoms with Gasteiger partial charge in [0.15, 0.2) is 0 Å². The lowest BCUT2D eigenvalue weighted by Crippen LogP contribution is -2.14. The van der Waals surface area contributed by atoms with Crippen LogP contribution in [0.15, 0.2) is 18.2 Å². The van der Waals surface area contributed by atoms with Crippen molar-refractivity contribution in [1.82, 2.24) is 0 Å². The van der Waals surface area contributed by atoms with Crippen molar-refractivity contribution < 1.29 is 0 Å². The summed E-state index contributed by atoms with van der Waals surface area (Å²) >= 11 is 2.40. The first-order valence-corrected chi connectivity index (χ1v) is 8.24. The van der Waals surface area contributed by atoms with Crippen molar-refractivity contribution in [3.05, 3.63) is 27.3 Å². The van der Waals surface area contributed by atoms with Crippen LogP contribution in [0, 0.1) is 10.5 Å². The molecule has 18 heavy (non-hydrogen) atoms. The van der Waals surface area contributed by atoms with Gasteiger partial charge in [-0.1, -0.05) is 45.1 Å². The standard InChI is InChI=1S/C16H26IN/c1-4-5-6-7-8-9-14(3)18-15-11-10-13(2)16(17)12-15/h10-12,14,18H,4-9H2,1-3H3. The first-order valence-electron chi connectivity index (χ1n) is 7.16. The number of anilines is 1. The molecule has 0 aromatic heterocycles. The average molecular weight is 359 g/mol. The van der Waals surface area contributed by atoms with Crippen molar-refractivity contribution in [2.24, 2.45) is 0 Å². The molecule has 0 fully saturated rings. The van der Waals surface area contributed by atoms with Crippen LogP contribution in [0.1, 0.15) is 57.9 Å². The van der Waals surface area contributed by atoms with Crippen LogP contribution < -0.4 is 5.32 Å². The second kappa shape index (κ2) is 8.78. The molecule has 0 aliphatic carbocycles. The maximum Gasteiger partial charge on any atom is 0.0353 e. The summed E-state index contributed by atoms with van der Waals surface area (Å²) in [6, 6.07) is 7.19. The van der Waals surface area contributed by atoms with Gasteiger partial charge >= 0.3 is 0 Å². The van der Waals surface area contributed by atoms with E-state index in [4.69, 9.17) is 0 Å². The molecule has 2 heteroatoms. The summed E-state index contributed by atoms with van der Waals surface area (Å²) in [5, 5.41) is 3.60. The number of hydrogen-bond acceptors (Lipinski definition) is 1. The van der Waals surface area contributed by atoms with Crippen LogP contribution in [-0.4, -0.2) is 6.04 Å². The van der Waals surface area contributed by atoms with Crippen molar-refractivity contribution >= 4 is 28.3 Å². The van der Waals surface area contributed by atoms with Crippen LogP contribution in [0.4, 0.5) is 5.69 Å². The van der Waals surface area contributed by atoms with Gasteiger partial charge in [0.2, 0.25) is 0 Å². The number of nitrogens with one attached hydrogen (secondary N) is 1. The summed E-state index contributed by atoms with van der Waals surface area (Å²) in [5.41, 5.74) is 2.61. The van der Waals surface area contributed by atoms with Crippen LogP contribution in [0.25, 0.3) is 0 Å². The van der Waals surface area contributed by atoms with Gasteiger partial charge in [0.05, 0.1) is 0 Å². The number of rotatable bonds is 8. The molecular formula is C16H26IN. The minimum Gasteiger partial charge on any atom is -0.383 e. The molecule has 0 radical (unpaired) electrons. The van der Waals surface area contributed by atoms with Gasteiger partial charge in [-0.25, -0.2) is 0 Å². The molecule has 0 aliphatic heterocycles. The third kappa shape index (κ3) is 6.07. The van der Waals surface area contributed by atoms with Crippen LogP contribution >= 0.6 is 22.6 Å². The van der Waals surface area contributed by atoms with E-state index in [2.05, 4.69) is 66.9 Å². The van der Waals surface area contributed by atoms with Gasteiger partial charge in [0.25, 0.3) is 0 Å². The molecule has 102 valence electrons. The highest BCUT2D eigenvalue weighted by molar-refractivity contribution is 14.1. The largest absolute Gasteiger partial charge is 0.383 e. The van der Waals surface area contributed by atoms with E-state index in [1.165, 1.54) is 53.3 Å². The maximum absolute atomic E-state index is 3.60. The lowest BCUT2D eigenvalue weighted by molar-refractivity contribution is 0.578. The van der Waals surface area contributed by atoms with Gasteiger partial charge in [0, 0.05) is 15.3 Å². The van der Waals surface area contributed by atoms with Gasteiger partial charge in [-0.3, -0.25) is 0 Å². The SMILES string of the molecule is CCCCCCCC(C)Nc1ccc(C)c(I)c1. The molecule has 0 aliphatic rings. The van der Waals surface area contributed by atoms with Gasteiger partial charge < -0.3 is 5.32 Å². The molecule has 0 saturated carbocycles. The smallest absolute Gasteiger partial charge is 0.0353 e. The summed E-state index contributed by atoms with van der Waals surface area (Å²) in [6.45, 7) is 6.71. The van der Waals surface area contributed by atoms with Crippen LogP contribution in [0.5, 0.6) is 0 Å². The van der Waals surface area contributed by atoms with E-state index in [0.29, 0.717) is 6.04 Å². The van der Waals surface area contributed by atoms with E-state index in [-0.39, 0.29) is 0 Å². The summed E-state index contributed by atoms with van der Waals surface area (Å²) in [7, 11) is 0. The minimum atomic E-state index is 0.574. The summed E-state index contributed by atoms with van der Waals surface area (Å²) in [5.74, 6) is 0. The maximum atomic E-state index is 3.60. The van der Waals surface area contributed by atoms with Crippen LogP contribution in [0.3, 0.4) is 0 Å². The van der Waals surface area contributed by atoms with Crippen LogP contribution in [0.2, 0.25) is 0 Å². The molecule has 1 aromatic carbocycles. The van der Waals surface area contributed by atoms with E-state index < -0.39 is 0 Å². The second-order valence-electron chi connectivity index (χ2n) is 5.21. The van der Waals surface area contributed by atoms with Crippen molar-refractivity contribution in [2.45, 2.75) is 65.3 Å². The Bertz CT molecular complexity index is 349. The fourth-order valence-corrected chi connectivity index (χ4v) is 2.61. The van der Waals surface area contributed by atoms with Gasteiger partial charge in [0.1, 0.15) is 0 Å². The molecule has 1 unspecified atom stereocenters. The zero-order chi connectivity index (χ0) is 13.4. The van der Waals surface area contributed by atoms with E-state index in [1.807, 2.05) is 0 Å². The topological polar surface area (TPSA) is 12.0 Å². The normalized spacial score (nSPS) is 12.4. The van der Waals surface area contributed by atoms with Crippen molar-refractivity contribution in [1.29, 1.82) is 0 Å². The first kappa shape index (κ1) is 15.8. The first-order chi connectivity index (χ1) is 8.63. The Morgan fingerprint density at radius 1 is 1.17 bits per heavy atom. The molecule has 1 aromatic rings. The van der Waals surface area contributed by atoms with E-state index in [0.717, 1.165) is 0 Å². The zero-order valence-electron chi connectivity index (χ0n) is 11.9. The number of unbranched alkanes of at least 4 members (excludes halogenated alkanes) is 4. The lowest BCUT2D eigenvalue weighted by atomic mass is 10.1. The van der Waals surface area contributed by atoms with Gasteiger partial charge in [-0.05, 0) is 60.6 Å². The fraction of sp³-hybridized carbons (Fsp3) is 0.625. The van der Waals surface area contributed by atoms with Crippen molar-refractivity contribution in [2.75, 3.05) is 5.32 Å².